The lowest BCUT2D eigenvalue weighted by Crippen LogP contribution is -2.56. The van der Waals surface area contributed by atoms with Crippen LogP contribution in [0.3, 0.4) is 0 Å². The Bertz CT molecular complexity index is 4110. The summed E-state index contributed by atoms with van der Waals surface area (Å²) in [7, 11) is 3.22. The number of aryl methyl sites for hydroxylation is 1. The van der Waals surface area contributed by atoms with Crippen molar-refractivity contribution >= 4 is 69.7 Å². The molecule has 105 heavy (non-hydrogen) atoms. The maximum Gasteiger partial charge on any atom is 0.250 e. The van der Waals surface area contributed by atoms with E-state index in [1.54, 1.807) is 7.05 Å². The van der Waals surface area contributed by atoms with Crippen molar-refractivity contribution in [1.82, 2.24) is 30.2 Å². The second-order valence-corrected chi connectivity index (χ2v) is 30.1. The number of ketones is 1. The quantitative estimate of drug-likeness (QED) is 0.0203. The average molecular weight is 1440 g/mol. The molecule has 2 saturated heterocycles. The molecule has 0 saturated carbocycles. The first-order chi connectivity index (χ1) is 50.6. The summed E-state index contributed by atoms with van der Waals surface area (Å²) in [5.74, 6) is -1.58. The topological polar surface area (TPSA) is 215 Å². The van der Waals surface area contributed by atoms with Gasteiger partial charge in [-0.2, -0.15) is 4.58 Å². The number of ether oxygens (including phenoxy) is 4. The van der Waals surface area contributed by atoms with Crippen LogP contribution in [0.15, 0.2) is 138 Å². The number of halogens is 1. The summed E-state index contributed by atoms with van der Waals surface area (Å²) < 4.78 is 39.9. The number of hydrogen-bond donors (Lipinski definition) is 3. The number of Topliss-reactive ketones (excluding diaryl/α,β-unsaturated/α-hetero) is 1. The van der Waals surface area contributed by atoms with Gasteiger partial charge in [0.05, 0.1) is 70.2 Å². The van der Waals surface area contributed by atoms with Crippen molar-refractivity contribution in [2.45, 2.75) is 140 Å². The van der Waals surface area contributed by atoms with E-state index in [4.69, 9.17) is 18.9 Å². The molecular formula is C83H104FN10O11+. The van der Waals surface area contributed by atoms with Gasteiger partial charge in [0.25, 0.3) is 0 Å². The third-order valence-corrected chi connectivity index (χ3v) is 22.1. The Hall–Kier alpha value is -8.93. The summed E-state index contributed by atoms with van der Waals surface area (Å²) in [6.07, 6.45) is 8.62. The standard InChI is InChI=1S/C83H103FN10O11/c1-57-20-29-67-66(51-57)81(2,3)78-64-53-65-71(105-70(64)33-41-92(67)78)34-42-93-68-18-11-15-60(77(68)82(4,5)79(65)93)52-76(100)89(7)55-74(98)86-38-14-46-103-48-50-104-49-47-102-45-13-37-85-73(97)54-88(6)75(99)31-30-72(96)87-62-27-21-58(22-28-62)32-40-91-56-94(63-16-9-8-10-17-63)83(80(91)101)35-43-90(44-36-83)39-12-19-69(95)59-23-25-61(84)26-24-59/h8-11,15-18,20-29,51,53,70-71H,12-14,19,30-50,52,54-56H2,1-7H3,(H2-,85,86,87,96,97,98)/p+1. The molecule has 0 aromatic heterocycles. The van der Waals surface area contributed by atoms with Crippen LogP contribution in [-0.4, -0.2) is 215 Å². The summed E-state index contributed by atoms with van der Waals surface area (Å²) >= 11 is 0. The van der Waals surface area contributed by atoms with E-state index in [9.17, 15) is 38.0 Å². The van der Waals surface area contributed by atoms with Crippen LogP contribution in [0.5, 0.6) is 0 Å². The number of allylic oxidation sites excluding steroid dienone is 1. The predicted octanol–water partition coefficient (Wildman–Crippen LogP) is 9.35. The van der Waals surface area contributed by atoms with Gasteiger partial charge in [-0.05, 0) is 150 Å². The minimum absolute atomic E-state index is 0.00429. The Morgan fingerprint density at radius 3 is 2.03 bits per heavy atom. The molecule has 5 aromatic rings. The molecule has 0 radical (unpaired) electrons. The van der Waals surface area contributed by atoms with Gasteiger partial charge in [-0.15, -0.1) is 0 Å². The zero-order valence-electron chi connectivity index (χ0n) is 62.2. The molecule has 0 aliphatic carbocycles. The molecule has 0 bridgehead atoms. The van der Waals surface area contributed by atoms with Crippen molar-refractivity contribution in [3.63, 3.8) is 0 Å². The summed E-state index contributed by atoms with van der Waals surface area (Å²) in [4.78, 5) is 104. The fraction of sp³-hybridized carbons (Fsp3) is 0.494. The molecule has 7 heterocycles. The lowest BCUT2D eigenvalue weighted by molar-refractivity contribution is -0.445. The van der Waals surface area contributed by atoms with E-state index in [1.165, 1.54) is 80.5 Å². The van der Waals surface area contributed by atoms with Crippen LogP contribution < -0.4 is 25.8 Å². The van der Waals surface area contributed by atoms with Crippen molar-refractivity contribution in [1.29, 1.82) is 0 Å². The number of likely N-dealkylation sites (tertiary alicyclic amines) is 1. The van der Waals surface area contributed by atoms with Crippen LogP contribution in [0.4, 0.5) is 27.1 Å². The SMILES string of the molecule is Cc1ccc2c(c1)C(C)(C)C1=C3C=C4C5=[N+](CCC4OC3CCN12)c1cccc(CC(=O)N(C)CC(=O)NCCCOCCOCCOCCCNC(=O)CN(C)C(=O)CCC(=O)Nc2ccc(CCN3CN(c4ccccc4)C4(CCN(CCCC(=O)c6ccc(F)cc6)CC4)C3=O)cc2)c1C5(C)C. The Morgan fingerprint density at radius 1 is 0.676 bits per heavy atom. The number of amides is 6. The summed E-state index contributed by atoms with van der Waals surface area (Å²) in [6, 6.07) is 36.4. The molecule has 2 atom stereocenters. The van der Waals surface area contributed by atoms with E-state index in [2.05, 4.69) is 124 Å². The molecule has 558 valence electrons. The van der Waals surface area contributed by atoms with Crippen LogP contribution in [0.1, 0.15) is 130 Å². The molecule has 3 N–H and O–H groups in total. The third kappa shape index (κ3) is 17.3. The van der Waals surface area contributed by atoms with Crippen molar-refractivity contribution < 1.29 is 61.5 Å². The number of piperidine rings is 1. The first kappa shape index (κ1) is 75.7. The zero-order chi connectivity index (χ0) is 74.0. The lowest BCUT2D eigenvalue weighted by atomic mass is 9.72. The van der Waals surface area contributed by atoms with E-state index < -0.39 is 11.0 Å². The summed E-state index contributed by atoms with van der Waals surface area (Å²) in [5, 5.41) is 8.60. The average Bonchev–Trinajstić information content (AvgIpc) is 1.56. The monoisotopic (exact) mass is 1440 g/mol. The van der Waals surface area contributed by atoms with Gasteiger partial charge in [0, 0.05) is 149 Å². The number of anilines is 3. The smallest absolute Gasteiger partial charge is 0.250 e. The van der Waals surface area contributed by atoms with Crippen LogP contribution in [-0.2, 0) is 71.4 Å². The van der Waals surface area contributed by atoms with Gasteiger partial charge in [0.1, 0.15) is 11.4 Å². The molecule has 7 aliphatic rings. The number of fused-ring (bicyclic) bond motifs is 8. The number of likely N-dealkylation sites (N-methyl/N-ethyl adjacent to an activating group) is 2. The van der Waals surface area contributed by atoms with E-state index >= 15 is 0 Å². The number of nitrogens with zero attached hydrogens (tertiary/aromatic N) is 7. The van der Waals surface area contributed by atoms with Gasteiger partial charge in [0.15, 0.2) is 18.0 Å². The van der Waals surface area contributed by atoms with E-state index in [0.717, 1.165) is 73.6 Å². The largest absolute Gasteiger partial charge is 0.379 e. The van der Waals surface area contributed by atoms with Crippen molar-refractivity contribution in [2.24, 2.45) is 0 Å². The highest BCUT2D eigenvalue weighted by molar-refractivity contribution is 6.09. The number of hydrogen-bond acceptors (Lipinski definition) is 14. The Morgan fingerprint density at radius 2 is 1.34 bits per heavy atom. The fourth-order valence-electron chi connectivity index (χ4n) is 16.6. The Labute approximate surface area is 617 Å². The van der Waals surface area contributed by atoms with Gasteiger partial charge in [-0.3, -0.25) is 33.6 Å². The lowest BCUT2D eigenvalue weighted by Gasteiger charge is -2.43. The van der Waals surface area contributed by atoms with Gasteiger partial charge in [-0.1, -0.05) is 74.0 Å². The van der Waals surface area contributed by atoms with Gasteiger partial charge >= 0.3 is 0 Å². The first-order valence-corrected chi connectivity index (χ1v) is 37.6. The zero-order valence-corrected chi connectivity index (χ0v) is 62.2. The molecule has 1 spiro atoms. The van der Waals surface area contributed by atoms with Gasteiger partial charge in [0.2, 0.25) is 41.1 Å². The molecule has 2 fully saturated rings. The van der Waals surface area contributed by atoms with Crippen LogP contribution in [0, 0.1) is 12.7 Å². The molecule has 5 aromatic carbocycles. The molecule has 21 nitrogen and oxygen atoms in total. The molecule has 12 rings (SSSR count). The van der Waals surface area contributed by atoms with Crippen LogP contribution in [0.25, 0.3) is 0 Å². The Kier molecular flexibility index (Phi) is 24.3. The minimum atomic E-state index is -0.666. The minimum Gasteiger partial charge on any atom is -0.379 e. The summed E-state index contributed by atoms with van der Waals surface area (Å²) in [6.45, 7) is 19.3. The number of rotatable bonds is 33. The van der Waals surface area contributed by atoms with Crippen molar-refractivity contribution in [3.05, 3.63) is 177 Å². The second-order valence-electron chi connectivity index (χ2n) is 30.1. The number of benzene rings is 5. The first-order valence-electron chi connectivity index (χ1n) is 37.6. The second kappa shape index (κ2) is 33.7. The van der Waals surface area contributed by atoms with Crippen LogP contribution >= 0.6 is 0 Å². The normalized spacial score (nSPS) is 18.8. The molecule has 6 amide bonds. The van der Waals surface area contributed by atoms with Crippen molar-refractivity contribution in [2.75, 3.05) is 141 Å². The predicted molar refractivity (Wildman–Crippen MR) is 402 cm³/mol. The molecular weight excluding hydrogens is 1330 g/mol. The van der Waals surface area contributed by atoms with E-state index in [0.29, 0.717) is 122 Å². The highest BCUT2D eigenvalue weighted by Gasteiger charge is 2.56. The van der Waals surface area contributed by atoms with E-state index in [-0.39, 0.29) is 97.0 Å². The Balaban J connectivity index is 0.470. The summed E-state index contributed by atoms with van der Waals surface area (Å²) in [5.41, 5.74) is 14.3. The highest BCUT2D eigenvalue weighted by atomic mass is 19.1. The number of carbonyl (C=O) groups is 7. The highest BCUT2D eigenvalue weighted by Crippen LogP contribution is 2.55. The number of nitrogens with one attached hydrogen (secondary N) is 3. The van der Waals surface area contributed by atoms with Gasteiger partial charge < -0.3 is 64.3 Å². The maximum atomic E-state index is 14.4. The number of carbonyl (C=O) groups excluding carboxylic acids is 7. The number of para-hydroxylation sites is 1. The third-order valence-electron chi connectivity index (χ3n) is 22.1. The molecule has 2 unspecified atom stereocenters. The molecule has 7 aliphatic heterocycles. The molecule has 22 heteroatoms. The maximum absolute atomic E-state index is 14.4. The van der Waals surface area contributed by atoms with E-state index in [1.807, 2.05) is 47.4 Å². The van der Waals surface area contributed by atoms with Crippen LogP contribution in [0.2, 0.25) is 0 Å². The fourth-order valence-corrected chi connectivity index (χ4v) is 16.6. The van der Waals surface area contributed by atoms with Crippen molar-refractivity contribution in [3.8, 4) is 0 Å². The van der Waals surface area contributed by atoms with Gasteiger partial charge in [-0.25, -0.2) is 4.39 Å².